The highest BCUT2D eigenvalue weighted by molar-refractivity contribution is 6.31. The summed E-state index contributed by atoms with van der Waals surface area (Å²) in [6.45, 7) is 9.59. The lowest BCUT2D eigenvalue weighted by Gasteiger charge is -2.40. The third-order valence-electron chi connectivity index (χ3n) is 5.87. The molecule has 3 aromatic rings. The molecule has 3 aromatic carbocycles. The Hall–Kier alpha value is -1.84. The van der Waals surface area contributed by atoms with Crippen molar-refractivity contribution in [3.8, 4) is 0 Å². The summed E-state index contributed by atoms with van der Waals surface area (Å²) in [5.41, 5.74) is 6.56. The highest BCUT2D eigenvalue weighted by Gasteiger charge is 2.26. The summed E-state index contributed by atoms with van der Waals surface area (Å²) in [5.74, 6) is 0. The van der Waals surface area contributed by atoms with Crippen LogP contribution in [0.2, 0.25) is 5.02 Å². The fourth-order valence-corrected chi connectivity index (χ4v) is 4.45. The van der Waals surface area contributed by atoms with Gasteiger partial charge in [-0.1, -0.05) is 91.3 Å². The van der Waals surface area contributed by atoms with Gasteiger partial charge in [0.25, 0.3) is 0 Å². The highest BCUT2D eigenvalue weighted by Crippen LogP contribution is 2.31. The Labute approximate surface area is 199 Å². The highest BCUT2D eigenvalue weighted by atomic mass is 35.5. The van der Waals surface area contributed by atoms with Crippen molar-refractivity contribution in [2.75, 3.05) is 26.2 Å². The van der Waals surface area contributed by atoms with Crippen molar-refractivity contribution in [2.24, 2.45) is 0 Å². The summed E-state index contributed by atoms with van der Waals surface area (Å²) in [7, 11) is 0. The maximum atomic E-state index is 6.30. The van der Waals surface area contributed by atoms with Gasteiger partial charge in [0.05, 0.1) is 6.04 Å². The lowest BCUT2D eigenvalue weighted by atomic mass is 9.95. The molecule has 4 rings (SSSR count). The van der Waals surface area contributed by atoms with Crippen LogP contribution >= 0.6 is 24.0 Å². The van der Waals surface area contributed by atoms with Crippen LogP contribution in [-0.4, -0.2) is 36.0 Å². The third kappa shape index (κ3) is 6.33. The molecule has 166 valence electrons. The Morgan fingerprint density at radius 2 is 1.52 bits per heavy atom. The second-order valence-electron chi connectivity index (χ2n) is 8.12. The Morgan fingerprint density at radius 3 is 2.16 bits per heavy atom. The van der Waals surface area contributed by atoms with Crippen LogP contribution in [0.5, 0.6) is 0 Å². The number of halogens is 2. The smallest absolute Gasteiger partial charge is 0.0602 e. The SMILES string of the molecule is C.Cc1cccc(CN2CCN(C(c3ccccc3)c3ccc(Cl)c(C)c3)CC2)c1.Cl. The van der Waals surface area contributed by atoms with Gasteiger partial charge in [-0.3, -0.25) is 9.80 Å². The molecule has 0 amide bonds. The predicted molar refractivity (Wildman–Crippen MR) is 136 cm³/mol. The van der Waals surface area contributed by atoms with Crippen LogP contribution in [0.15, 0.2) is 72.8 Å². The van der Waals surface area contributed by atoms with Gasteiger partial charge in [-0.05, 0) is 42.2 Å². The fraction of sp³-hybridized carbons (Fsp3) is 0.333. The molecule has 0 N–H and O–H groups in total. The molecule has 0 bridgehead atoms. The number of rotatable bonds is 5. The Balaban J connectivity index is 0.00000171. The number of benzene rings is 3. The van der Waals surface area contributed by atoms with Crippen molar-refractivity contribution in [3.05, 3.63) is 106 Å². The van der Waals surface area contributed by atoms with Crippen molar-refractivity contribution in [1.29, 1.82) is 0 Å². The lowest BCUT2D eigenvalue weighted by Crippen LogP contribution is -2.47. The van der Waals surface area contributed by atoms with Crippen molar-refractivity contribution < 1.29 is 0 Å². The first-order valence-electron chi connectivity index (χ1n) is 10.4. The van der Waals surface area contributed by atoms with E-state index in [1.54, 1.807) is 0 Å². The van der Waals surface area contributed by atoms with Crippen LogP contribution in [0.1, 0.15) is 41.3 Å². The zero-order valence-corrected chi connectivity index (χ0v) is 19.3. The number of piperazine rings is 1. The van der Waals surface area contributed by atoms with Crippen LogP contribution in [0.4, 0.5) is 0 Å². The van der Waals surface area contributed by atoms with Crippen molar-refractivity contribution in [1.82, 2.24) is 9.80 Å². The fourth-order valence-electron chi connectivity index (χ4n) is 4.34. The number of hydrogen-bond donors (Lipinski definition) is 0. The molecule has 1 heterocycles. The molecule has 0 aliphatic carbocycles. The zero-order chi connectivity index (χ0) is 20.2. The topological polar surface area (TPSA) is 6.48 Å². The molecule has 1 unspecified atom stereocenters. The maximum absolute atomic E-state index is 6.30. The Morgan fingerprint density at radius 1 is 0.806 bits per heavy atom. The van der Waals surface area contributed by atoms with Crippen molar-refractivity contribution >= 4 is 24.0 Å². The zero-order valence-electron chi connectivity index (χ0n) is 17.7. The third-order valence-corrected chi connectivity index (χ3v) is 6.30. The molecule has 31 heavy (non-hydrogen) atoms. The van der Waals surface area contributed by atoms with Gasteiger partial charge in [-0.2, -0.15) is 0 Å². The van der Waals surface area contributed by atoms with E-state index in [9.17, 15) is 0 Å². The molecular weight excluding hydrogens is 423 g/mol. The molecule has 1 aliphatic rings. The summed E-state index contributed by atoms with van der Waals surface area (Å²) in [6.07, 6.45) is 0. The van der Waals surface area contributed by atoms with E-state index in [2.05, 4.69) is 90.4 Å². The van der Waals surface area contributed by atoms with Gasteiger partial charge >= 0.3 is 0 Å². The predicted octanol–water partition coefficient (Wildman–Crippen LogP) is 6.92. The average Bonchev–Trinajstić information content (AvgIpc) is 2.73. The molecule has 4 heteroatoms. The first-order valence-corrected chi connectivity index (χ1v) is 10.8. The quantitative estimate of drug-likeness (QED) is 0.410. The Bertz CT molecular complexity index is 950. The molecule has 0 spiro atoms. The van der Waals surface area contributed by atoms with E-state index in [1.165, 1.54) is 22.3 Å². The van der Waals surface area contributed by atoms with Gasteiger partial charge in [0.2, 0.25) is 0 Å². The van der Waals surface area contributed by atoms with E-state index >= 15 is 0 Å². The van der Waals surface area contributed by atoms with E-state index in [4.69, 9.17) is 11.6 Å². The van der Waals surface area contributed by atoms with Crippen molar-refractivity contribution in [2.45, 2.75) is 33.9 Å². The summed E-state index contributed by atoms with van der Waals surface area (Å²) >= 11 is 6.30. The number of hydrogen-bond acceptors (Lipinski definition) is 2. The summed E-state index contributed by atoms with van der Waals surface area (Å²) < 4.78 is 0. The van der Waals surface area contributed by atoms with E-state index in [0.29, 0.717) is 0 Å². The van der Waals surface area contributed by atoms with Crippen molar-refractivity contribution in [3.63, 3.8) is 0 Å². The van der Waals surface area contributed by atoms with Gasteiger partial charge < -0.3 is 0 Å². The lowest BCUT2D eigenvalue weighted by molar-refractivity contribution is 0.105. The van der Waals surface area contributed by atoms with Crippen LogP contribution in [0.3, 0.4) is 0 Å². The minimum absolute atomic E-state index is 0. The molecule has 0 aromatic heterocycles. The second-order valence-corrected chi connectivity index (χ2v) is 8.53. The van der Waals surface area contributed by atoms with Crippen LogP contribution in [0.25, 0.3) is 0 Å². The van der Waals surface area contributed by atoms with E-state index in [0.717, 1.165) is 43.3 Å². The molecule has 1 saturated heterocycles. The minimum atomic E-state index is 0. The largest absolute Gasteiger partial charge is 0.297 e. The van der Waals surface area contributed by atoms with Crippen LogP contribution in [-0.2, 0) is 6.54 Å². The molecule has 0 radical (unpaired) electrons. The van der Waals surface area contributed by atoms with Gasteiger partial charge in [-0.25, -0.2) is 0 Å². The van der Waals surface area contributed by atoms with Gasteiger partial charge in [0, 0.05) is 37.7 Å². The minimum Gasteiger partial charge on any atom is -0.297 e. The Kier molecular flexibility index (Phi) is 9.58. The standard InChI is InChI=1S/C26H29ClN2.CH4.ClH/c1-20-7-6-8-22(17-20)19-28-13-15-29(16-14-28)26(23-9-4-3-5-10-23)24-11-12-25(27)21(2)18-24;;/h3-12,17-18,26H,13-16,19H2,1-2H3;1H4;1H. The van der Waals surface area contributed by atoms with Gasteiger partial charge in [0.1, 0.15) is 0 Å². The summed E-state index contributed by atoms with van der Waals surface area (Å²) in [4.78, 5) is 5.19. The molecule has 1 fully saturated rings. The maximum Gasteiger partial charge on any atom is 0.0602 e. The first kappa shape index (κ1) is 25.4. The van der Waals surface area contributed by atoms with Crippen LogP contribution in [0, 0.1) is 13.8 Å². The summed E-state index contributed by atoms with van der Waals surface area (Å²) in [5, 5.41) is 0.837. The number of nitrogens with zero attached hydrogens (tertiary/aromatic N) is 2. The van der Waals surface area contributed by atoms with Gasteiger partial charge in [-0.15, -0.1) is 12.4 Å². The molecule has 1 atom stereocenters. The molecule has 1 aliphatic heterocycles. The molecule has 0 saturated carbocycles. The molecule has 2 nitrogen and oxygen atoms in total. The van der Waals surface area contributed by atoms with Gasteiger partial charge in [0.15, 0.2) is 0 Å². The first-order chi connectivity index (χ1) is 14.1. The van der Waals surface area contributed by atoms with Crippen LogP contribution < -0.4 is 0 Å². The summed E-state index contributed by atoms with van der Waals surface area (Å²) in [6, 6.07) is 26.5. The molecular formula is C27H34Cl2N2. The van der Waals surface area contributed by atoms with E-state index in [-0.39, 0.29) is 25.9 Å². The average molecular weight is 457 g/mol. The monoisotopic (exact) mass is 456 g/mol. The van der Waals surface area contributed by atoms with E-state index < -0.39 is 0 Å². The van der Waals surface area contributed by atoms with E-state index in [1.807, 2.05) is 6.07 Å². The second kappa shape index (κ2) is 11.7. The number of aryl methyl sites for hydroxylation is 2. The normalized spacial score (nSPS) is 15.6.